The molecule has 1 aliphatic heterocycles. The van der Waals surface area contributed by atoms with Gasteiger partial charge in [-0.3, -0.25) is 19.1 Å². The molecule has 2 heterocycles. The van der Waals surface area contributed by atoms with E-state index in [1.165, 1.54) is 12.3 Å². The fraction of sp³-hybridized carbons (Fsp3) is 0.696. The predicted octanol–water partition coefficient (Wildman–Crippen LogP) is -1.10. The second-order valence-corrected chi connectivity index (χ2v) is 8.38. The zero-order chi connectivity index (χ0) is 28.5. The van der Waals surface area contributed by atoms with Crippen LogP contribution in [0.3, 0.4) is 0 Å². The van der Waals surface area contributed by atoms with Crippen LogP contribution in [-0.2, 0) is 34.9 Å². The molecule has 0 radical (unpaired) electrons. The van der Waals surface area contributed by atoms with Gasteiger partial charge in [-0.05, 0) is 12.0 Å². The van der Waals surface area contributed by atoms with Gasteiger partial charge >= 0.3 is 5.69 Å². The summed E-state index contributed by atoms with van der Waals surface area (Å²) in [5, 5.41) is 22.5. The number of H-pyrrole nitrogens is 1. The van der Waals surface area contributed by atoms with Crippen molar-refractivity contribution in [1.82, 2.24) is 9.55 Å². The lowest BCUT2D eigenvalue weighted by Gasteiger charge is -2.15. The Morgan fingerprint density at radius 3 is 2.36 bits per heavy atom. The zero-order valence-corrected chi connectivity index (χ0v) is 21.6. The van der Waals surface area contributed by atoms with Gasteiger partial charge in [0, 0.05) is 36.1 Å². The third kappa shape index (κ3) is 11.7. The molecule has 0 aromatic carbocycles. The molecule has 218 valence electrons. The molecule has 2 rings (SSSR count). The molecular weight excluding hydrogens is 520 g/mol. The highest BCUT2D eigenvalue weighted by Crippen LogP contribution is 2.27. The third-order valence-corrected chi connectivity index (χ3v) is 5.59. The first-order valence-corrected chi connectivity index (χ1v) is 12.5. The number of nitrogens with two attached hydrogens (primary N) is 1. The van der Waals surface area contributed by atoms with Crippen LogP contribution in [0, 0.1) is 0 Å². The first-order chi connectivity index (χ1) is 18.9. The highest BCUT2D eigenvalue weighted by atomic mass is 16.6. The number of nitrogens with one attached hydrogen (secondary N) is 1. The lowest BCUT2D eigenvalue weighted by Crippen LogP contribution is -2.34. The normalized spacial score (nSPS) is 19.2. The minimum absolute atomic E-state index is 0.00940. The molecule has 0 bridgehead atoms. The fourth-order valence-corrected chi connectivity index (χ4v) is 3.49. The summed E-state index contributed by atoms with van der Waals surface area (Å²) < 4.78 is 27.8. The molecule has 1 aliphatic rings. The summed E-state index contributed by atoms with van der Waals surface area (Å²) in [7, 11) is 0. The molecular formula is C23H36N6O10. The molecule has 1 aromatic heterocycles. The Morgan fingerprint density at radius 2 is 1.77 bits per heavy atom. The van der Waals surface area contributed by atoms with Crippen LogP contribution < -0.4 is 17.0 Å². The first kappa shape index (κ1) is 32.1. The molecule has 16 heteroatoms. The maximum absolute atomic E-state index is 12.3. The van der Waals surface area contributed by atoms with Gasteiger partial charge in [0.1, 0.15) is 12.3 Å². The Kier molecular flexibility index (Phi) is 15.0. The minimum atomic E-state index is -0.947. The molecule has 0 unspecified atom stereocenters. The van der Waals surface area contributed by atoms with E-state index in [0.29, 0.717) is 39.6 Å². The van der Waals surface area contributed by atoms with Crippen LogP contribution in [0.2, 0.25) is 0 Å². The van der Waals surface area contributed by atoms with Gasteiger partial charge < -0.3 is 39.6 Å². The molecule has 16 nitrogen and oxygen atoms in total. The molecule has 0 aliphatic carbocycles. The lowest BCUT2D eigenvalue weighted by molar-refractivity contribution is -0.116. The van der Waals surface area contributed by atoms with Crippen molar-refractivity contribution in [2.24, 2.45) is 10.8 Å². The maximum Gasteiger partial charge on any atom is 0.330 e. The molecule has 1 fully saturated rings. The second-order valence-electron chi connectivity index (χ2n) is 8.38. The number of azide groups is 1. The van der Waals surface area contributed by atoms with E-state index in [-0.39, 0.29) is 56.1 Å². The average molecular weight is 557 g/mol. The quantitative estimate of drug-likeness (QED) is 0.0494. The molecule has 0 amide bonds. The summed E-state index contributed by atoms with van der Waals surface area (Å²) in [6.45, 7) is 2.52. The predicted molar refractivity (Wildman–Crippen MR) is 136 cm³/mol. The molecule has 39 heavy (non-hydrogen) atoms. The van der Waals surface area contributed by atoms with Crippen molar-refractivity contribution in [3.05, 3.63) is 54.8 Å². The molecule has 1 aromatic rings. The Morgan fingerprint density at radius 1 is 1.15 bits per heavy atom. The van der Waals surface area contributed by atoms with Gasteiger partial charge in [-0.2, -0.15) is 0 Å². The van der Waals surface area contributed by atoms with E-state index in [2.05, 4.69) is 15.0 Å². The number of rotatable bonds is 20. The van der Waals surface area contributed by atoms with E-state index < -0.39 is 36.3 Å². The van der Waals surface area contributed by atoms with E-state index in [0.717, 1.165) is 4.57 Å². The standard InChI is InChI=1S/C23H36N6O10/c24-17(18(31)3-5-35-7-9-37-11-12-38-10-8-36-6-4-26-28-25)2-1-16-14-29(23(34)27-22(16)33)21-13-19(32)20(15-30)39-21/h2,14,19-21,30,32H,1,3-13,15,24H2,(H,27,33,34)/t19-,20+,21+/m0/s1. The number of carbonyl (C=O) groups is 1. The summed E-state index contributed by atoms with van der Waals surface area (Å²) in [6.07, 6.45) is 0.162. The third-order valence-electron chi connectivity index (χ3n) is 5.59. The van der Waals surface area contributed by atoms with E-state index >= 15 is 0 Å². The van der Waals surface area contributed by atoms with Gasteiger partial charge in [0.25, 0.3) is 5.56 Å². The van der Waals surface area contributed by atoms with Crippen molar-refractivity contribution in [2.75, 3.05) is 66.0 Å². The molecule has 0 saturated carbocycles. The van der Waals surface area contributed by atoms with Crippen LogP contribution in [0.25, 0.3) is 10.4 Å². The number of carbonyl (C=O) groups excluding carboxylic acids is 1. The topological polar surface area (TPSA) is 233 Å². The number of hydrogen-bond donors (Lipinski definition) is 4. The van der Waals surface area contributed by atoms with Crippen LogP contribution in [-0.4, -0.2) is 104 Å². The van der Waals surface area contributed by atoms with E-state index in [9.17, 15) is 24.6 Å². The van der Waals surface area contributed by atoms with Gasteiger partial charge in [-0.25, -0.2) is 4.79 Å². The zero-order valence-electron chi connectivity index (χ0n) is 21.6. The maximum atomic E-state index is 12.3. The summed E-state index contributed by atoms with van der Waals surface area (Å²) in [6, 6.07) is 0. The number of aromatic amines is 1. The molecule has 0 spiro atoms. The Bertz CT molecular complexity index is 1080. The number of nitrogens with zero attached hydrogens (tertiary/aromatic N) is 4. The summed E-state index contributed by atoms with van der Waals surface area (Å²) >= 11 is 0. The number of aliphatic hydroxyl groups excluding tert-OH is 2. The average Bonchev–Trinajstić information content (AvgIpc) is 3.30. The lowest BCUT2D eigenvalue weighted by atomic mass is 10.1. The Hall–Kier alpha value is -3.08. The van der Waals surface area contributed by atoms with Crippen molar-refractivity contribution in [3.63, 3.8) is 0 Å². The number of hydrogen-bond acceptors (Lipinski definition) is 12. The van der Waals surface area contributed by atoms with Crippen molar-refractivity contribution in [2.45, 2.75) is 37.7 Å². The molecule has 3 atom stereocenters. The van der Waals surface area contributed by atoms with Gasteiger partial charge in [-0.15, -0.1) is 0 Å². The monoisotopic (exact) mass is 556 g/mol. The van der Waals surface area contributed by atoms with E-state index in [1.807, 2.05) is 0 Å². The fourth-order valence-electron chi connectivity index (χ4n) is 3.49. The number of allylic oxidation sites excluding steroid dienone is 2. The largest absolute Gasteiger partial charge is 0.396 e. The van der Waals surface area contributed by atoms with Gasteiger partial charge in [0.2, 0.25) is 0 Å². The summed E-state index contributed by atoms with van der Waals surface area (Å²) in [5.74, 6) is -0.358. The van der Waals surface area contributed by atoms with E-state index in [1.54, 1.807) is 0 Å². The van der Waals surface area contributed by atoms with Crippen LogP contribution in [0.5, 0.6) is 0 Å². The highest BCUT2D eigenvalue weighted by Gasteiger charge is 2.35. The Labute approximate surface area is 223 Å². The van der Waals surface area contributed by atoms with Crippen molar-refractivity contribution >= 4 is 5.78 Å². The van der Waals surface area contributed by atoms with Gasteiger partial charge in [0.05, 0.1) is 71.3 Å². The van der Waals surface area contributed by atoms with Crippen molar-refractivity contribution in [1.29, 1.82) is 0 Å². The van der Waals surface area contributed by atoms with Gasteiger partial charge in [-0.1, -0.05) is 11.2 Å². The number of ether oxygens (including phenoxy) is 5. The van der Waals surface area contributed by atoms with E-state index in [4.69, 9.17) is 34.9 Å². The van der Waals surface area contributed by atoms with Crippen LogP contribution in [0.15, 0.2) is 32.7 Å². The summed E-state index contributed by atoms with van der Waals surface area (Å²) in [4.78, 5) is 41.4. The van der Waals surface area contributed by atoms with Crippen LogP contribution >= 0.6 is 0 Å². The summed E-state index contributed by atoms with van der Waals surface area (Å²) in [5.41, 5.74) is 12.8. The minimum Gasteiger partial charge on any atom is -0.396 e. The number of ketones is 1. The number of aliphatic hydroxyl groups is 2. The van der Waals surface area contributed by atoms with Crippen LogP contribution in [0.4, 0.5) is 0 Å². The first-order valence-electron chi connectivity index (χ1n) is 12.5. The number of Topliss-reactive ketones (excluding diaryl/α,β-unsaturated/α-hetero) is 1. The smallest absolute Gasteiger partial charge is 0.330 e. The van der Waals surface area contributed by atoms with Crippen molar-refractivity contribution < 1.29 is 38.7 Å². The van der Waals surface area contributed by atoms with Gasteiger partial charge in [0.15, 0.2) is 5.78 Å². The second kappa shape index (κ2) is 18.3. The SMILES string of the molecule is [N-]=[N+]=NCCOCCOCCOCCOCCC(=O)C(N)=CCc1cn([C@H]2C[C@H](O)[C@@H](CO)O2)c(=O)[nH]c1=O. The highest BCUT2D eigenvalue weighted by molar-refractivity contribution is 5.94. The van der Waals surface area contributed by atoms with Crippen molar-refractivity contribution in [3.8, 4) is 0 Å². The molecule has 1 saturated heterocycles. The molecule has 5 N–H and O–H groups in total. The van der Waals surface area contributed by atoms with Crippen LogP contribution in [0.1, 0.15) is 24.6 Å². The Balaban J connectivity index is 1.62. The number of aromatic nitrogens is 2.